The summed E-state index contributed by atoms with van der Waals surface area (Å²) >= 11 is 0. The van der Waals surface area contributed by atoms with Gasteiger partial charge in [0.15, 0.2) is 0 Å². The predicted octanol–water partition coefficient (Wildman–Crippen LogP) is 4.02. The van der Waals surface area contributed by atoms with Gasteiger partial charge in [0.25, 0.3) is 0 Å². The lowest BCUT2D eigenvalue weighted by Crippen LogP contribution is -2.19. The van der Waals surface area contributed by atoms with Crippen molar-refractivity contribution in [1.29, 1.82) is 0 Å². The van der Waals surface area contributed by atoms with Crippen molar-refractivity contribution in [2.75, 3.05) is 6.61 Å². The molecule has 1 atom stereocenters. The van der Waals surface area contributed by atoms with Gasteiger partial charge in [0.1, 0.15) is 0 Å². The second kappa shape index (κ2) is 7.31. The van der Waals surface area contributed by atoms with Crippen LogP contribution in [0.1, 0.15) is 52.9 Å². The van der Waals surface area contributed by atoms with E-state index in [1.54, 1.807) is 0 Å². The van der Waals surface area contributed by atoms with Gasteiger partial charge in [-0.25, -0.2) is 0 Å². The minimum absolute atomic E-state index is 0.0212. The summed E-state index contributed by atoms with van der Waals surface area (Å²) in [4.78, 5) is 11.5. The van der Waals surface area contributed by atoms with Gasteiger partial charge in [0.05, 0.1) is 12.5 Å². The van der Waals surface area contributed by atoms with Crippen LogP contribution in [0.4, 0.5) is 0 Å². The molecule has 0 saturated carbocycles. The lowest BCUT2D eigenvalue weighted by atomic mass is 9.88. The number of rotatable bonds is 5. The first kappa shape index (κ1) is 14.0. The van der Waals surface area contributed by atoms with E-state index in [4.69, 9.17) is 4.74 Å². The van der Waals surface area contributed by atoms with Crippen LogP contribution in [0, 0.1) is 5.92 Å². The second-order valence-electron chi connectivity index (χ2n) is 4.91. The fourth-order valence-electron chi connectivity index (χ4n) is 2.14. The van der Waals surface area contributed by atoms with E-state index < -0.39 is 0 Å². The summed E-state index contributed by atoms with van der Waals surface area (Å²) in [6.07, 6.45) is 9.66. The van der Waals surface area contributed by atoms with Crippen molar-refractivity contribution in [2.24, 2.45) is 5.92 Å². The third-order valence-electron chi connectivity index (χ3n) is 3.14. The molecule has 0 unspecified atom stereocenters. The first-order chi connectivity index (χ1) is 8.13. The molecule has 0 radical (unpaired) electrons. The molecule has 2 heteroatoms. The van der Waals surface area contributed by atoms with Gasteiger partial charge in [-0.2, -0.15) is 0 Å². The quantitative estimate of drug-likeness (QED) is 0.532. The third kappa shape index (κ3) is 5.20. The lowest BCUT2D eigenvalue weighted by Gasteiger charge is -2.20. The largest absolute Gasteiger partial charge is 0.466 e. The molecular weight excluding hydrogens is 212 g/mol. The standard InChI is InChI=1S/C15H24O2/c1-4-17-15(16)14-10-8-13(9-11-14)7-5-6-12(2)3/h6,8,14H,4-5,7,9-11H2,1-3H3/t14-/m1/s1. The van der Waals surface area contributed by atoms with Crippen molar-refractivity contribution in [3.8, 4) is 0 Å². The molecule has 0 N–H and O–H groups in total. The summed E-state index contributed by atoms with van der Waals surface area (Å²) in [5.41, 5.74) is 2.88. The van der Waals surface area contributed by atoms with Crippen molar-refractivity contribution in [1.82, 2.24) is 0 Å². The Morgan fingerprint density at radius 1 is 1.53 bits per heavy atom. The third-order valence-corrected chi connectivity index (χ3v) is 3.14. The van der Waals surface area contributed by atoms with Gasteiger partial charge >= 0.3 is 5.97 Å². The summed E-state index contributed by atoms with van der Waals surface area (Å²) in [5.74, 6) is 0.0780. The Morgan fingerprint density at radius 3 is 2.82 bits per heavy atom. The first-order valence-corrected chi connectivity index (χ1v) is 6.61. The minimum atomic E-state index is -0.0212. The highest BCUT2D eigenvalue weighted by Crippen LogP contribution is 2.27. The molecule has 0 saturated heterocycles. The Balaban J connectivity index is 2.34. The van der Waals surface area contributed by atoms with E-state index in [1.807, 2.05) is 6.92 Å². The Hall–Kier alpha value is -1.05. The molecule has 0 bridgehead atoms. The average Bonchev–Trinajstić information content (AvgIpc) is 2.30. The molecule has 96 valence electrons. The summed E-state index contributed by atoms with van der Waals surface area (Å²) in [7, 11) is 0. The molecule has 1 aliphatic rings. The number of allylic oxidation sites excluding steroid dienone is 4. The van der Waals surface area contributed by atoms with Crippen LogP contribution < -0.4 is 0 Å². The molecule has 0 aromatic heterocycles. The van der Waals surface area contributed by atoms with E-state index in [-0.39, 0.29) is 11.9 Å². The number of esters is 1. The van der Waals surface area contributed by atoms with Gasteiger partial charge in [0, 0.05) is 0 Å². The normalized spacial score (nSPS) is 19.5. The van der Waals surface area contributed by atoms with Gasteiger partial charge in [-0.15, -0.1) is 0 Å². The zero-order valence-electron chi connectivity index (χ0n) is 11.3. The van der Waals surface area contributed by atoms with Gasteiger partial charge < -0.3 is 4.74 Å². The van der Waals surface area contributed by atoms with Crippen molar-refractivity contribution in [3.05, 3.63) is 23.3 Å². The molecule has 0 spiro atoms. The molecule has 17 heavy (non-hydrogen) atoms. The van der Waals surface area contributed by atoms with Crippen LogP contribution in [0.2, 0.25) is 0 Å². The minimum Gasteiger partial charge on any atom is -0.466 e. The molecule has 1 rings (SSSR count). The Labute approximate surface area is 105 Å². The van der Waals surface area contributed by atoms with Crippen LogP contribution in [0.5, 0.6) is 0 Å². The SMILES string of the molecule is CCOC(=O)[C@@H]1CC=C(CCC=C(C)C)CC1. The summed E-state index contributed by atoms with van der Waals surface area (Å²) < 4.78 is 5.05. The van der Waals surface area contributed by atoms with E-state index in [1.165, 1.54) is 11.1 Å². The monoisotopic (exact) mass is 236 g/mol. The predicted molar refractivity (Wildman–Crippen MR) is 70.7 cm³/mol. The average molecular weight is 236 g/mol. The lowest BCUT2D eigenvalue weighted by molar-refractivity contribution is -0.148. The second-order valence-corrected chi connectivity index (χ2v) is 4.91. The van der Waals surface area contributed by atoms with E-state index in [0.29, 0.717) is 6.61 Å². The van der Waals surface area contributed by atoms with Gasteiger partial charge in [-0.05, 0) is 52.9 Å². The van der Waals surface area contributed by atoms with Crippen LogP contribution in [0.3, 0.4) is 0 Å². The molecule has 0 aliphatic heterocycles. The van der Waals surface area contributed by atoms with Gasteiger partial charge in [-0.3, -0.25) is 4.79 Å². The summed E-state index contributed by atoms with van der Waals surface area (Å²) in [5, 5.41) is 0. The molecule has 2 nitrogen and oxygen atoms in total. The molecule has 0 heterocycles. The molecule has 0 aromatic carbocycles. The van der Waals surface area contributed by atoms with Crippen molar-refractivity contribution in [3.63, 3.8) is 0 Å². The molecular formula is C15H24O2. The molecule has 1 aliphatic carbocycles. The Bertz CT molecular complexity index is 309. The zero-order valence-corrected chi connectivity index (χ0v) is 11.3. The van der Waals surface area contributed by atoms with Crippen LogP contribution in [0.15, 0.2) is 23.3 Å². The van der Waals surface area contributed by atoms with E-state index in [2.05, 4.69) is 26.0 Å². The van der Waals surface area contributed by atoms with Crippen LogP contribution in [-0.2, 0) is 9.53 Å². The number of carbonyl (C=O) groups is 1. The fraction of sp³-hybridized carbons (Fsp3) is 0.667. The maximum atomic E-state index is 11.5. The highest BCUT2D eigenvalue weighted by molar-refractivity contribution is 5.72. The van der Waals surface area contributed by atoms with Crippen molar-refractivity contribution >= 4 is 5.97 Å². The molecule has 0 aromatic rings. The van der Waals surface area contributed by atoms with E-state index in [0.717, 1.165) is 32.1 Å². The van der Waals surface area contributed by atoms with Crippen molar-refractivity contribution < 1.29 is 9.53 Å². The zero-order chi connectivity index (χ0) is 12.7. The summed E-state index contributed by atoms with van der Waals surface area (Å²) in [6.45, 7) is 6.62. The highest BCUT2D eigenvalue weighted by atomic mass is 16.5. The fourth-order valence-corrected chi connectivity index (χ4v) is 2.14. The Morgan fingerprint density at radius 2 is 2.29 bits per heavy atom. The number of hydrogen-bond acceptors (Lipinski definition) is 2. The maximum Gasteiger partial charge on any atom is 0.309 e. The highest BCUT2D eigenvalue weighted by Gasteiger charge is 2.21. The number of carbonyl (C=O) groups excluding carboxylic acids is 1. The van der Waals surface area contributed by atoms with Crippen LogP contribution in [0.25, 0.3) is 0 Å². The molecule has 0 amide bonds. The summed E-state index contributed by atoms with van der Waals surface area (Å²) in [6, 6.07) is 0. The van der Waals surface area contributed by atoms with Crippen LogP contribution >= 0.6 is 0 Å². The smallest absolute Gasteiger partial charge is 0.309 e. The topological polar surface area (TPSA) is 26.3 Å². The van der Waals surface area contributed by atoms with Crippen LogP contribution in [-0.4, -0.2) is 12.6 Å². The Kier molecular flexibility index (Phi) is 6.03. The van der Waals surface area contributed by atoms with E-state index >= 15 is 0 Å². The van der Waals surface area contributed by atoms with Crippen molar-refractivity contribution in [2.45, 2.75) is 52.9 Å². The number of ether oxygens (including phenoxy) is 1. The van der Waals surface area contributed by atoms with Gasteiger partial charge in [0.2, 0.25) is 0 Å². The van der Waals surface area contributed by atoms with E-state index in [9.17, 15) is 4.79 Å². The first-order valence-electron chi connectivity index (χ1n) is 6.61. The molecule has 0 fully saturated rings. The number of hydrogen-bond donors (Lipinski definition) is 0. The van der Waals surface area contributed by atoms with Gasteiger partial charge in [-0.1, -0.05) is 23.3 Å². The maximum absolute atomic E-state index is 11.5.